The van der Waals surface area contributed by atoms with Gasteiger partial charge in [0.15, 0.2) is 5.65 Å². The first-order chi connectivity index (χ1) is 15.3. The monoisotopic (exact) mass is 418 g/mol. The van der Waals surface area contributed by atoms with E-state index in [1.54, 1.807) is 6.20 Å². The van der Waals surface area contributed by atoms with Crippen LogP contribution in [0, 0.1) is 0 Å². The Hall–Kier alpha value is -3.14. The van der Waals surface area contributed by atoms with E-state index in [2.05, 4.69) is 51.3 Å². The molecule has 6 rings (SSSR count). The average molecular weight is 419 g/mol. The van der Waals surface area contributed by atoms with Crippen molar-refractivity contribution in [3.05, 3.63) is 24.5 Å². The lowest BCUT2D eigenvalue weighted by Gasteiger charge is -2.39. The molecular formula is C21H26N10. The van der Waals surface area contributed by atoms with Crippen LogP contribution < -0.4 is 15.5 Å². The van der Waals surface area contributed by atoms with Crippen molar-refractivity contribution in [2.24, 2.45) is 10.2 Å². The van der Waals surface area contributed by atoms with E-state index in [1.165, 1.54) is 19.3 Å². The van der Waals surface area contributed by atoms with Gasteiger partial charge in [-0.3, -0.25) is 4.57 Å². The molecule has 1 saturated carbocycles. The second-order valence-corrected chi connectivity index (χ2v) is 8.60. The minimum absolute atomic E-state index is 0.0566. The maximum absolute atomic E-state index is 4.82. The fourth-order valence-corrected chi connectivity index (χ4v) is 5.00. The molecule has 1 spiro atoms. The third-order valence-electron chi connectivity index (χ3n) is 6.64. The molecule has 0 unspecified atom stereocenters. The molecule has 0 radical (unpaired) electrons. The molecule has 0 bridgehead atoms. The third kappa shape index (κ3) is 3.31. The quantitative estimate of drug-likeness (QED) is 0.673. The smallest absolute Gasteiger partial charge is 0.251 e. The Morgan fingerprint density at radius 2 is 1.84 bits per heavy atom. The fourth-order valence-electron chi connectivity index (χ4n) is 5.00. The Morgan fingerprint density at radius 1 is 0.968 bits per heavy atom. The van der Waals surface area contributed by atoms with Crippen molar-refractivity contribution in [1.29, 1.82) is 0 Å². The zero-order valence-electron chi connectivity index (χ0n) is 17.5. The van der Waals surface area contributed by atoms with Crippen molar-refractivity contribution < 1.29 is 0 Å². The molecule has 10 heteroatoms. The van der Waals surface area contributed by atoms with Crippen LogP contribution in [-0.2, 0) is 5.54 Å². The number of rotatable bonds is 3. The Bertz CT molecular complexity index is 1110. The molecule has 3 aromatic heterocycles. The molecule has 5 heterocycles. The summed E-state index contributed by atoms with van der Waals surface area (Å²) in [5.41, 5.74) is 2.66. The summed E-state index contributed by atoms with van der Waals surface area (Å²) in [4.78, 5) is 20.8. The number of azo groups is 1. The van der Waals surface area contributed by atoms with E-state index in [0.29, 0.717) is 18.4 Å². The maximum Gasteiger partial charge on any atom is 0.251 e. The number of nitrogens with one attached hydrogen (secondary N) is 2. The summed E-state index contributed by atoms with van der Waals surface area (Å²) < 4.78 is 2.21. The van der Waals surface area contributed by atoms with Crippen LogP contribution in [0.1, 0.15) is 32.1 Å². The van der Waals surface area contributed by atoms with Crippen LogP contribution in [0.5, 0.6) is 0 Å². The zero-order chi connectivity index (χ0) is 20.7. The molecular weight excluding hydrogens is 392 g/mol. The van der Waals surface area contributed by atoms with Crippen molar-refractivity contribution >= 4 is 34.6 Å². The topological polar surface area (TPSA) is 109 Å². The third-order valence-corrected chi connectivity index (χ3v) is 6.64. The van der Waals surface area contributed by atoms with Gasteiger partial charge in [-0.1, -0.05) is 19.3 Å². The molecule has 1 saturated heterocycles. The highest BCUT2D eigenvalue weighted by atomic mass is 15.4. The van der Waals surface area contributed by atoms with Gasteiger partial charge in [0.25, 0.3) is 5.95 Å². The van der Waals surface area contributed by atoms with Crippen molar-refractivity contribution in [3.8, 4) is 0 Å². The minimum Gasteiger partial charge on any atom is -0.368 e. The number of pyridine rings is 1. The summed E-state index contributed by atoms with van der Waals surface area (Å²) in [6.45, 7) is 4.71. The highest BCUT2D eigenvalue weighted by Gasteiger charge is 2.39. The number of hydrogen-bond donors (Lipinski definition) is 2. The van der Waals surface area contributed by atoms with Crippen molar-refractivity contribution in [3.63, 3.8) is 0 Å². The van der Waals surface area contributed by atoms with Gasteiger partial charge < -0.3 is 15.5 Å². The van der Waals surface area contributed by atoms with E-state index in [4.69, 9.17) is 4.98 Å². The Balaban J connectivity index is 1.29. The second-order valence-electron chi connectivity index (χ2n) is 8.60. The molecule has 2 fully saturated rings. The number of hydrogen-bond acceptors (Lipinski definition) is 9. The standard InChI is InChI=1S/C21H26N10/c1-2-6-21(7-3-1)14-25-29-20-26-16-13-24-19(28-18(16)31(20)21)27-17-5-4-15(12-23-17)30-10-8-22-9-11-30/h4-5,12-13,22H,1-3,6-11,14H2,(H,23,24,27,28). The van der Waals surface area contributed by atoms with E-state index in [9.17, 15) is 0 Å². The van der Waals surface area contributed by atoms with E-state index in [-0.39, 0.29) is 5.54 Å². The molecule has 31 heavy (non-hydrogen) atoms. The van der Waals surface area contributed by atoms with Crippen LogP contribution >= 0.6 is 0 Å². The molecule has 10 nitrogen and oxygen atoms in total. The molecule has 1 aliphatic carbocycles. The zero-order valence-corrected chi connectivity index (χ0v) is 17.5. The van der Waals surface area contributed by atoms with Crippen LogP contribution in [-0.4, -0.2) is 57.2 Å². The molecule has 2 N–H and O–H groups in total. The van der Waals surface area contributed by atoms with E-state index in [1.807, 2.05) is 12.3 Å². The van der Waals surface area contributed by atoms with Gasteiger partial charge in [0, 0.05) is 26.2 Å². The number of aromatic nitrogens is 5. The molecule has 3 aliphatic rings. The van der Waals surface area contributed by atoms with Crippen LogP contribution in [0.15, 0.2) is 34.8 Å². The summed E-state index contributed by atoms with van der Waals surface area (Å²) in [5, 5.41) is 15.3. The van der Waals surface area contributed by atoms with Gasteiger partial charge in [0.2, 0.25) is 5.95 Å². The first-order valence-corrected chi connectivity index (χ1v) is 11.1. The first kappa shape index (κ1) is 18.6. The van der Waals surface area contributed by atoms with Gasteiger partial charge in [0.1, 0.15) is 11.3 Å². The molecule has 160 valence electrons. The number of imidazole rings is 1. The highest BCUT2D eigenvalue weighted by Crippen LogP contribution is 2.42. The molecule has 0 amide bonds. The SMILES string of the molecule is c1cc(Nc2ncc3nc4n(c3n2)C2(CCCCC2)CN=N4)ncc1N1CCNCC1. The lowest BCUT2D eigenvalue weighted by molar-refractivity contribution is 0.199. The Morgan fingerprint density at radius 3 is 2.65 bits per heavy atom. The number of fused-ring (bicyclic) bond motifs is 4. The molecule has 0 aromatic carbocycles. The summed E-state index contributed by atoms with van der Waals surface area (Å²) in [6, 6.07) is 4.07. The lowest BCUT2D eigenvalue weighted by Crippen LogP contribution is -2.43. The van der Waals surface area contributed by atoms with Gasteiger partial charge in [0.05, 0.1) is 30.2 Å². The van der Waals surface area contributed by atoms with Gasteiger partial charge >= 0.3 is 0 Å². The number of anilines is 3. The maximum atomic E-state index is 4.82. The van der Waals surface area contributed by atoms with Crippen LogP contribution in [0.4, 0.5) is 23.4 Å². The summed E-state index contributed by atoms with van der Waals surface area (Å²) >= 11 is 0. The lowest BCUT2D eigenvalue weighted by atomic mass is 9.81. The van der Waals surface area contributed by atoms with Gasteiger partial charge in [-0.05, 0) is 25.0 Å². The van der Waals surface area contributed by atoms with Crippen molar-refractivity contribution in [1.82, 2.24) is 29.8 Å². The van der Waals surface area contributed by atoms with E-state index in [0.717, 1.165) is 61.7 Å². The number of piperazine rings is 1. The summed E-state index contributed by atoms with van der Waals surface area (Å²) in [7, 11) is 0. The molecule has 2 aliphatic heterocycles. The largest absolute Gasteiger partial charge is 0.368 e. The van der Waals surface area contributed by atoms with Gasteiger partial charge in [-0.15, -0.1) is 5.11 Å². The molecule has 3 aromatic rings. The van der Waals surface area contributed by atoms with E-state index >= 15 is 0 Å². The van der Waals surface area contributed by atoms with Gasteiger partial charge in [-0.25, -0.2) is 15.0 Å². The second kappa shape index (κ2) is 7.52. The summed E-state index contributed by atoms with van der Waals surface area (Å²) in [6.07, 6.45) is 9.53. The Kier molecular flexibility index (Phi) is 4.52. The van der Waals surface area contributed by atoms with E-state index < -0.39 is 0 Å². The van der Waals surface area contributed by atoms with Crippen LogP contribution in [0.25, 0.3) is 11.2 Å². The van der Waals surface area contributed by atoms with Crippen LogP contribution in [0.3, 0.4) is 0 Å². The minimum atomic E-state index is -0.0566. The Labute approximate surface area is 180 Å². The fraction of sp³-hybridized carbons (Fsp3) is 0.524. The number of nitrogens with zero attached hydrogens (tertiary/aromatic N) is 8. The predicted molar refractivity (Wildman–Crippen MR) is 118 cm³/mol. The predicted octanol–water partition coefficient (Wildman–Crippen LogP) is 3.13. The first-order valence-electron chi connectivity index (χ1n) is 11.1. The normalized spacial score (nSPS) is 20.2. The van der Waals surface area contributed by atoms with Crippen molar-refractivity contribution in [2.75, 3.05) is 42.9 Å². The summed E-state index contributed by atoms with van der Waals surface area (Å²) in [5.74, 6) is 1.89. The average Bonchev–Trinajstić information content (AvgIpc) is 3.20. The van der Waals surface area contributed by atoms with Gasteiger partial charge in [-0.2, -0.15) is 10.1 Å². The van der Waals surface area contributed by atoms with Crippen LogP contribution in [0.2, 0.25) is 0 Å². The van der Waals surface area contributed by atoms with Crippen molar-refractivity contribution in [2.45, 2.75) is 37.6 Å². The highest BCUT2D eigenvalue weighted by molar-refractivity contribution is 5.75. The molecule has 0 atom stereocenters.